The van der Waals surface area contributed by atoms with Gasteiger partial charge in [-0.3, -0.25) is 0 Å². The van der Waals surface area contributed by atoms with E-state index in [1.54, 1.807) is 30.3 Å². The predicted molar refractivity (Wildman–Crippen MR) is 83.0 cm³/mol. The van der Waals surface area contributed by atoms with Crippen LogP contribution in [-0.4, -0.2) is 5.97 Å². The van der Waals surface area contributed by atoms with E-state index in [2.05, 4.69) is 38.5 Å². The molecule has 0 saturated heterocycles. The van der Waals surface area contributed by atoms with Crippen molar-refractivity contribution in [1.29, 1.82) is 5.26 Å². The third kappa shape index (κ3) is 3.33. The lowest BCUT2D eigenvalue weighted by molar-refractivity contribution is 0.0733. The highest BCUT2D eigenvalue weighted by atomic mass is 127. The summed E-state index contributed by atoms with van der Waals surface area (Å²) in [6, 6.07) is 14.0. The number of nitrogens with zero attached hydrogens (tertiary/aromatic N) is 1. The van der Waals surface area contributed by atoms with Crippen LogP contribution in [0, 0.1) is 14.9 Å². The van der Waals surface area contributed by atoms with Gasteiger partial charge in [0.2, 0.25) is 0 Å². The summed E-state index contributed by atoms with van der Waals surface area (Å²) in [6.07, 6.45) is 0. The summed E-state index contributed by atoms with van der Waals surface area (Å²) in [5.74, 6) is -0.209. The molecule has 0 aliphatic rings. The van der Waals surface area contributed by atoms with E-state index in [1.165, 1.54) is 0 Å². The lowest BCUT2D eigenvalue weighted by Crippen LogP contribution is -2.11. The van der Waals surface area contributed by atoms with Crippen molar-refractivity contribution in [3.05, 3.63) is 61.6 Å². The first-order chi connectivity index (χ1) is 9.11. The average Bonchev–Trinajstić information content (AvgIpc) is 2.42. The van der Waals surface area contributed by atoms with Crippen molar-refractivity contribution in [2.45, 2.75) is 0 Å². The van der Waals surface area contributed by atoms with Crippen LogP contribution in [0.5, 0.6) is 5.75 Å². The molecule has 2 aromatic rings. The molecule has 0 radical (unpaired) electrons. The SMILES string of the molecule is N#Cc1ccccc1OC(=O)c1cc(Br)ccc1I. The minimum Gasteiger partial charge on any atom is -0.421 e. The van der Waals surface area contributed by atoms with E-state index >= 15 is 0 Å². The molecular weight excluding hydrogens is 421 g/mol. The van der Waals surface area contributed by atoms with Crippen molar-refractivity contribution >= 4 is 44.5 Å². The van der Waals surface area contributed by atoms with E-state index < -0.39 is 5.97 Å². The van der Waals surface area contributed by atoms with Gasteiger partial charge in [0.25, 0.3) is 0 Å². The molecule has 0 aromatic heterocycles. The number of hydrogen-bond donors (Lipinski definition) is 0. The quantitative estimate of drug-likeness (QED) is 0.411. The highest BCUT2D eigenvalue weighted by Gasteiger charge is 2.14. The van der Waals surface area contributed by atoms with Crippen LogP contribution in [0.25, 0.3) is 0 Å². The zero-order valence-electron chi connectivity index (χ0n) is 9.56. The van der Waals surface area contributed by atoms with Crippen LogP contribution >= 0.6 is 38.5 Å². The van der Waals surface area contributed by atoms with Gasteiger partial charge in [-0.1, -0.05) is 28.1 Å². The molecule has 0 amide bonds. The van der Waals surface area contributed by atoms with E-state index in [0.29, 0.717) is 11.1 Å². The normalized spacial score (nSPS) is 9.74. The molecule has 3 nitrogen and oxygen atoms in total. The van der Waals surface area contributed by atoms with E-state index in [0.717, 1.165) is 8.04 Å². The molecular formula is C14H7BrINO2. The maximum atomic E-state index is 12.1. The molecule has 0 aliphatic carbocycles. The van der Waals surface area contributed by atoms with Gasteiger partial charge < -0.3 is 4.74 Å². The number of halogens is 2. The summed E-state index contributed by atoms with van der Waals surface area (Å²) in [5, 5.41) is 8.95. The van der Waals surface area contributed by atoms with Crippen molar-refractivity contribution in [3.63, 3.8) is 0 Å². The van der Waals surface area contributed by atoms with Gasteiger partial charge in [-0.15, -0.1) is 0 Å². The van der Waals surface area contributed by atoms with E-state index in [1.807, 2.05) is 18.2 Å². The van der Waals surface area contributed by atoms with Crippen LogP contribution in [-0.2, 0) is 0 Å². The zero-order chi connectivity index (χ0) is 13.8. The van der Waals surface area contributed by atoms with Crippen molar-refractivity contribution in [3.8, 4) is 11.8 Å². The number of rotatable bonds is 2. The smallest absolute Gasteiger partial charge is 0.344 e. The van der Waals surface area contributed by atoms with Gasteiger partial charge in [-0.2, -0.15) is 5.26 Å². The second kappa shape index (κ2) is 6.17. The van der Waals surface area contributed by atoms with E-state index in [-0.39, 0.29) is 5.75 Å². The van der Waals surface area contributed by atoms with Crippen LogP contribution < -0.4 is 4.74 Å². The number of ether oxygens (including phenoxy) is 1. The second-order valence-corrected chi connectivity index (χ2v) is 5.70. The Morgan fingerprint density at radius 3 is 2.74 bits per heavy atom. The molecule has 0 aliphatic heterocycles. The zero-order valence-corrected chi connectivity index (χ0v) is 13.3. The molecule has 94 valence electrons. The molecule has 2 rings (SSSR count). The first-order valence-electron chi connectivity index (χ1n) is 5.28. The number of esters is 1. The van der Waals surface area contributed by atoms with Crippen LogP contribution in [0.4, 0.5) is 0 Å². The highest BCUT2D eigenvalue weighted by molar-refractivity contribution is 14.1. The number of nitriles is 1. The first kappa shape index (κ1) is 14.0. The Bertz CT molecular complexity index is 679. The minimum absolute atomic E-state index is 0.269. The van der Waals surface area contributed by atoms with Crippen LogP contribution in [0.15, 0.2) is 46.9 Å². The van der Waals surface area contributed by atoms with Gasteiger partial charge in [0.15, 0.2) is 0 Å². The molecule has 0 fully saturated rings. The van der Waals surface area contributed by atoms with Crippen molar-refractivity contribution in [1.82, 2.24) is 0 Å². The van der Waals surface area contributed by atoms with Crippen molar-refractivity contribution in [2.75, 3.05) is 0 Å². The second-order valence-electron chi connectivity index (χ2n) is 3.62. The van der Waals surface area contributed by atoms with Crippen LogP contribution in [0.1, 0.15) is 15.9 Å². The molecule has 0 unspecified atom stereocenters. The number of carbonyl (C=O) groups excluding carboxylic acids is 1. The van der Waals surface area contributed by atoms with Gasteiger partial charge in [0.05, 0.1) is 11.1 Å². The van der Waals surface area contributed by atoms with Gasteiger partial charge in [0, 0.05) is 8.04 Å². The third-order valence-electron chi connectivity index (χ3n) is 2.36. The molecule has 2 aromatic carbocycles. The molecule has 0 N–H and O–H groups in total. The maximum Gasteiger partial charge on any atom is 0.344 e. The third-order valence-corrected chi connectivity index (χ3v) is 3.79. The topological polar surface area (TPSA) is 50.1 Å². The lowest BCUT2D eigenvalue weighted by Gasteiger charge is -2.07. The molecule has 5 heteroatoms. The van der Waals surface area contributed by atoms with Gasteiger partial charge in [0.1, 0.15) is 11.8 Å². The summed E-state index contributed by atoms with van der Waals surface area (Å²) in [6.45, 7) is 0. The van der Waals surface area contributed by atoms with Crippen LogP contribution in [0.3, 0.4) is 0 Å². The molecule has 0 saturated carbocycles. The Hall–Kier alpha value is -1.39. The first-order valence-corrected chi connectivity index (χ1v) is 7.15. The van der Waals surface area contributed by atoms with Gasteiger partial charge in [-0.05, 0) is 52.9 Å². The van der Waals surface area contributed by atoms with E-state index in [4.69, 9.17) is 10.00 Å². The monoisotopic (exact) mass is 427 g/mol. The number of benzene rings is 2. The average molecular weight is 428 g/mol. The standard InChI is InChI=1S/C14H7BrINO2/c15-10-5-6-12(16)11(7-10)14(18)19-13-4-2-1-3-9(13)8-17/h1-7H. The summed E-state index contributed by atoms with van der Waals surface area (Å²) in [7, 11) is 0. The maximum absolute atomic E-state index is 12.1. The largest absolute Gasteiger partial charge is 0.421 e. The van der Waals surface area contributed by atoms with Crippen LogP contribution in [0.2, 0.25) is 0 Å². The number of carbonyl (C=O) groups is 1. The fourth-order valence-corrected chi connectivity index (χ4v) is 2.37. The summed E-state index contributed by atoms with van der Waals surface area (Å²) >= 11 is 5.38. The molecule has 0 spiro atoms. The molecule has 0 bridgehead atoms. The number of para-hydroxylation sites is 1. The molecule has 0 atom stereocenters. The summed E-state index contributed by atoms with van der Waals surface area (Å²) in [4.78, 5) is 12.1. The Kier molecular flexibility index (Phi) is 4.56. The fourth-order valence-electron chi connectivity index (χ4n) is 1.46. The Balaban J connectivity index is 2.31. The predicted octanol–water partition coefficient (Wildman–Crippen LogP) is 4.14. The molecule has 0 heterocycles. The molecule has 19 heavy (non-hydrogen) atoms. The van der Waals surface area contributed by atoms with E-state index in [9.17, 15) is 4.79 Å². The Morgan fingerprint density at radius 1 is 1.26 bits per heavy atom. The summed E-state index contributed by atoms with van der Waals surface area (Å²) < 4.78 is 6.86. The van der Waals surface area contributed by atoms with Gasteiger partial charge >= 0.3 is 5.97 Å². The van der Waals surface area contributed by atoms with Gasteiger partial charge in [-0.25, -0.2) is 4.79 Å². The minimum atomic E-state index is -0.478. The highest BCUT2D eigenvalue weighted by Crippen LogP contribution is 2.22. The lowest BCUT2D eigenvalue weighted by atomic mass is 10.2. The number of hydrogen-bond acceptors (Lipinski definition) is 3. The van der Waals surface area contributed by atoms with Crippen molar-refractivity contribution < 1.29 is 9.53 Å². The Morgan fingerprint density at radius 2 is 2.00 bits per heavy atom. The summed E-state index contributed by atoms with van der Waals surface area (Å²) in [5.41, 5.74) is 0.795. The van der Waals surface area contributed by atoms with Crippen molar-refractivity contribution in [2.24, 2.45) is 0 Å². The Labute approximate surface area is 132 Å². The fraction of sp³-hybridized carbons (Fsp3) is 0.